The molecule has 14 heavy (non-hydrogen) atoms. The second-order valence-electron chi connectivity index (χ2n) is 2.47. The van der Waals surface area contributed by atoms with Crippen molar-refractivity contribution in [3.05, 3.63) is 24.2 Å². The van der Waals surface area contributed by atoms with Crippen LogP contribution in [-0.2, 0) is 4.74 Å². The van der Waals surface area contributed by atoms with Crippen LogP contribution in [0.2, 0.25) is 0 Å². The maximum absolute atomic E-state index is 7.05. The number of hydrogen-bond acceptors (Lipinski definition) is 4. The fourth-order valence-electron chi connectivity index (χ4n) is 0.919. The Hall–Kier alpha value is -1.71. The first kappa shape index (κ1) is 6.70. The van der Waals surface area contributed by atoms with Crippen molar-refractivity contribution in [2.24, 2.45) is 0 Å². The number of methoxy groups -OCH3 is 1. The minimum absolute atomic E-state index is 0.0310. The van der Waals surface area contributed by atoms with Crippen LogP contribution in [0.5, 0.6) is 5.75 Å². The number of pyridine rings is 1. The van der Waals surface area contributed by atoms with Crippen molar-refractivity contribution < 1.29 is 13.6 Å². The molecule has 1 rings (SSSR count). The molecule has 0 amide bonds. The Bertz CT molecular complexity index is 405. The van der Waals surface area contributed by atoms with Crippen molar-refractivity contribution in [1.29, 1.82) is 0 Å². The molecule has 0 unspecified atom stereocenters. The van der Waals surface area contributed by atoms with Gasteiger partial charge in [-0.1, -0.05) is 0 Å². The Labute approximate surface area is 87.6 Å². The molecule has 0 aromatic carbocycles. The van der Waals surface area contributed by atoms with Crippen LogP contribution in [0, 0.1) is 0 Å². The minimum Gasteiger partial charge on any atom is -0.501 e. The molecule has 4 nitrogen and oxygen atoms in total. The van der Waals surface area contributed by atoms with Crippen LogP contribution in [0.1, 0.15) is 16.7 Å². The third-order valence-corrected chi connectivity index (χ3v) is 1.55. The van der Waals surface area contributed by atoms with Crippen LogP contribution in [0.3, 0.4) is 0 Å². The van der Waals surface area contributed by atoms with Crippen molar-refractivity contribution in [2.45, 2.75) is 6.92 Å². The monoisotopic (exact) mass is 197 g/mol. The van der Waals surface area contributed by atoms with E-state index in [4.69, 9.17) is 19.3 Å². The number of rotatable bonds is 4. The van der Waals surface area contributed by atoms with E-state index in [1.807, 2.05) is 6.92 Å². The Kier molecular flexibility index (Phi) is 2.45. The summed E-state index contributed by atoms with van der Waals surface area (Å²) in [5.41, 5.74) is 6.17. The van der Waals surface area contributed by atoms with Gasteiger partial charge in [-0.25, -0.2) is 0 Å². The number of anilines is 1. The van der Waals surface area contributed by atoms with Gasteiger partial charge < -0.3 is 15.2 Å². The lowest BCUT2D eigenvalue weighted by Gasteiger charge is -2.06. The Morgan fingerprint density at radius 1 is 1.71 bits per heavy atom. The quantitative estimate of drug-likeness (QED) is 0.746. The summed E-state index contributed by atoms with van der Waals surface area (Å²) < 4.78 is 30.9. The van der Waals surface area contributed by atoms with Gasteiger partial charge in [-0.2, -0.15) is 0 Å². The molecule has 1 aromatic rings. The number of aromatic nitrogens is 1. The Balaban J connectivity index is 3.00. The number of hydrogen-bond donors (Lipinski definition) is 1. The van der Waals surface area contributed by atoms with Crippen LogP contribution in [-0.4, -0.2) is 18.6 Å². The fraction of sp³-hybridized carbons (Fsp3) is 0.300. The first-order chi connectivity index (χ1) is 7.94. The van der Waals surface area contributed by atoms with Crippen molar-refractivity contribution in [1.82, 2.24) is 4.98 Å². The standard InChI is InChI=1S/C10H14N2O2/c1-3-14-7-5-9-10(13-2)8(11)4-6-12-9/h4-7H,3H2,1-2H3,(H2,11,12)/i2D3. The Morgan fingerprint density at radius 2 is 2.57 bits per heavy atom. The molecule has 0 spiro atoms. The summed E-state index contributed by atoms with van der Waals surface area (Å²) in [4.78, 5) is 3.97. The van der Waals surface area contributed by atoms with Gasteiger partial charge in [0.25, 0.3) is 0 Å². The smallest absolute Gasteiger partial charge is 0.167 e. The summed E-state index contributed by atoms with van der Waals surface area (Å²) in [5.74, 6) is 0.0310. The maximum atomic E-state index is 7.05. The van der Waals surface area contributed by atoms with Crippen LogP contribution in [0.15, 0.2) is 18.5 Å². The van der Waals surface area contributed by atoms with Gasteiger partial charge in [-0.15, -0.1) is 0 Å². The molecule has 0 saturated heterocycles. The molecule has 0 bridgehead atoms. The second-order valence-corrected chi connectivity index (χ2v) is 2.47. The molecule has 0 fully saturated rings. The SMILES string of the molecule is [2H]C([2H])([2H])Oc1c(N)ccnc1C=COCC. The topological polar surface area (TPSA) is 57.4 Å². The number of ether oxygens (including phenoxy) is 2. The number of nitrogen functional groups attached to an aromatic ring is 1. The van der Waals surface area contributed by atoms with E-state index in [0.717, 1.165) is 0 Å². The van der Waals surface area contributed by atoms with Gasteiger partial charge in [-0.3, -0.25) is 4.98 Å². The molecular weight excluding hydrogens is 180 g/mol. The maximum Gasteiger partial charge on any atom is 0.167 e. The average molecular weight is 197 g/mol. The highest BCUT2D eigenvalue weighted by Crippen LogP contribution is 2.24. The molecule has 0 saturated carbocycles. The van der Waals surface area contributed by atoms with Crippen LogP contribution in [0.4, 0.5) is 5.69 Å². The van der Waals surface area contributed by atoms with E-state index in [2.05, 4.69) is 4.98 Å². The van der Waals surface area contributed by atoms with Crippen molar-refractivity contribution >= 4 is 11.8 Å². The normalized spacial score (nSPS) is 14.5. The van der Waals surface area contributed by atoms with Crippen LogP contribution < -0.4 is 10.5 Å². The van der Waals surface area contributed by atoms with E-state index in [-0.39, 0.29) is 11.4 Å². The van der Waals surface area contributed by atoms with Gasteiger partial charge >= 0.3 is 0 Å². The van der Waals surface area contributed by atoms with Gasteiger partial charge in [0.05, 0.1) is 29.7 Å². The molecule has 1 heterocycles. The molecule has 0 aliphatic heterocycles. The summed E-state index contributed by atoms with van der Waals surface area (Å²) >= 11 is 0. The van der Waals surface area contributed by atoms with Crippen LogP contribution >= 0.6 is 0 Å². The van der Waals surface area contributed by atoms with E-state index in [1.54, 1.807) is 0 Å². The largest absolute Gasteiger partial charge is 0.501 e. The lowest BCUT2D eigenvalue weighted by molar-refractivity contribution is 0.272. The third-order valence-electron chi connectivity index (χ3n) is 1.55. The molecule has 2 N–H and O–H groups in total. The van der Waals surface area contributed by atoms with E-state index < -0.39 is 7.04 Å². The first-order valence-corrected chi connectivity index (χ1v) is 4.15. The first-order valence-electron chi connectivity index (χ1n) is 5.65. The lowest BCUT2D eigenvalue weighted by atomic mass is 10.3. The predicted octanol–water partition coefficient (Wildman–Crippen LogP) is 1.68. The van der Waals surface area contributed by atoms with Crippen LogP contribution in [0.25, 0.3) is 6.08 Å². The van der Waals surface area contributed by atoms with E-state index >= 15 is 0 Å². The summed E-state index contributed by atoms with van der Waals surface area (Å²) in [7, 11) is -2.56. The highest BCUT2D eigenvalue weighted by Gasteiger charge is 2.04. The molecular formula is C10H14N2O2. The minimum atomic E-state index is -2.56. The van der Waals surface area contributed by atoms with Crippen molar-refractivity contribution in [2.75, 3.05) is 19.4 Å². The fourth-order valence-corrected chi connectivity index (χ4v) is 0.919. The molecule has 0 radical (unpaired) electrons. The van der Waals surface area contributed by atoms with Gasteiger partial charge in [-0.05, 0) is 13.0 Å². The van der Waals surface area contributed by atoms with E-state index in [1.165, 1.54) is 24.6 Å². The second kappa shape index (κ2) is 5.11. The van der Waals surface area contributed by atoms with Gasteiger partial charge in [0.2, 0.25) is 0 Å². The van der Waals surface area contributed by atoms with E-state index in [0.29, 0.717) is 12.3 Å². The molecule has 4 heteroatoms. The zero-order valence-corrected chi connectivity index (χ0v) is 7.86. The zero-order chi connectivity index (χ0) is 12.9. The summed E-state index contributed by atoms with van der Waals surface area (Å²) in [5, 5.41) is 0. The molecule has 0 aliphatic rings. The Morgan fingerprint density at radius 3 is 3.29 bits per heavy atom. The number of nitrogens with two attached hydrogens (primary N) is 1. The number of nitrogens with zero attached hydrogens (tertiary/aromatic N) is 1. The summed E-state index contributed by atoms with van der Waals surface area (Å²) in [6, 6.07) is 1.47. The molecule has 76 valence electrons. The predicted molar refractivity (Wildman–Crippen MR) is 55.9 cm³/mol. The molecule has 0 aliphatic carbocycles. The molecule has 1 aromatic heterocycles. The van der Waals surface area contributed by atoms with E-state index in [9.17, 15) is 0 Å². The van der Waals surface area contributed by atoms with Gasteiger partial charge in [0, 0.05) is 12.3 Å². The lowest BCUT2D eigenvalue weighted by Crippen LogP contribution is -1.96. The zero-order valence-electron chi connectivity index (χ0n) is 10.9. The third kappa shape index (κ3) is 2.39. The average Bonchev–Trinajstić information content (AvgIpc) is 2.21. The highest BCUT2D eigenvalue weighted by atomic mass is 16.5. The van der Waals surface area contributed by atoms with Crippen molar-refractivity contribution in [3.8, 4) is 5.75 Å². The van der Waals surface area contributed by atoms with Gasteiger partial charge in [0.15, 0.2) is 5.75 Å². The van der Waals surface area contributed by atoms with Gasteiger partial charge in [0.1, 0.15) is 5.69 Å². The molecule has 0 atom stereocenters. The van der Waals surface area contributed by atoms with Crippen molar-refractivity contribution in [3.63, 3.8) is 0 Å². The highest BCUT2D eigenvalue weighted by molar-refractivity contribution is 5.63. The summed E-state index contributed by atoms with van der Waals surface area (Å²) in [6.07, 6.45) is 4.38. The summed E-state index contributed by atoms with van der Waals surface area (Å²) in [6.45, 7) is 2.34.